The summed E-state index contributed by atoms with van der Waals surface area (Å²) in [7, 11) is 0. The van der Waals surface area contributed by atoms with Crippen LogP contribution in [-0.4, -0.2) is 59.3 Å². The number of rotatable bonds is 4. The SMILES string of the molecule is OCCN1CCN(c2nc(-c3ccccc3)nc3ccc(Br)cc23)CC1. The Labute approximate surface area is 161 Å². The van der Waals surface area contributed by atoms with E-state index in [-0.39, 0.29) is 6.61 Å². The fraction of sp³-hybridized carbons (Fsp3) is 0.300. The Balaban J connectivity index is 1.75. The van der Waals surface area contributed by atoms with Crippen LogP contribution >= 0.6 is 15.9 Å². The highest BCUT2D eigenvalue weighted by Crippen LogP contribution is 2.30. The van der Waals surface area contributed by atoms with E-state index in [0.717, 1.165) is 65.3 Å². The molecule has 5 nitrogen and oxygen atoms in total. The molecule has 0 aliphatic carbocycles. The number of piperazine rings is 1. The first-order chi connectivity index (χ1) is 12.7. The fourth-order valence-corrected chi connectivity index (χ4v) is 3.73. The Kier molecular flexibility index (Phi) is 5.15. The van der Waals surface area contributed by atoms with Crippen LogP contribution in [0.2, 0.25) is 0 Å². The van der Waals surface area contributed by atoms with Crippen LogP contribution in [0.25, 0.3) is 22.3 Å². The van der Waals surface area contributed by atoms with E-state index in [1.54, 1.807) is 0 Å². The van der Waals surface area contributed by atoms with E-state index in [4.69, 9.17) is 15.1 Å². The molecule has 0 bridgehead atoms. The maximum absolute atomic E-state index is 9.15. The second-order valence-electron chi connectivity index (χ2n) is 6.45. The number of hydrogen-bond acceptors (Lipinski definition) is 5. The van der Waals surface area contributed by atoms with Crippen LogP contribution in [0.1, 0.15) is 0 Å². The van der Waals surface area contributed by atoms with Gasteiger partial charge in [0.05, 0.1) is 12.1 Å². The maximum atomic E-state index is 9.15. The smallest absolute Gasteiger partial charge is 0.162 e. The molecule has 1 aliphatic rings. The van der Waals surface area contributed by atoms with Crippen molar-refractivity contribution in [1.82, 2.24) is 14.9 Å². The van der Waals surface area contributed by atoms with Gasteiger partial charge in [0.2, 0.25) is 0 Å². The van der Waals surface area contributed by atoms with Crippen LogP contribution in [-0.2, 0) is 0 Å². The number of fused-ring (bicyclic) bond motifs is 1. The molecule has 26 heavy (non-hydrogen) atoms. The first kappa shape index (κ1) is 17.4. The van der Waals surface area contributed by atoms with Gasteiger partial charge in [0.25, 0.3) is 0 Å². The molecule has 1 aliphatic heterocycles. The van der Waals surface area contributed by atoms with Crippen LogP contribution in [0.5, 0.6) is 0 Å². The summed E-state index contributed by atoms with van der Waals surface area (Å²) >= 11 is 3.57. The molecule has 3 aromatic rings. The summed E-state index contributed by atoms with van der Waals surface area (Å²) in [6, 6.07) is 16.3. The minimum Gasteiger partial charge on any atom is -0.395 e. The second kappa shape index (κ2) is 7.70. The van der Waals surface area contributed by atoms with Crippen molar-refractivity contribution in [3.8, 4) is 11.4 Å². The molecule has 1 saturated heterocycles. The average Bonchev–Trinajstić information content (AvgIpc) is 2.69. The number of β-amino-alcohol motifs (C(OH)–C–C–N with tert-alkyl or cyclic N) is 1. The molecule has 1 aromatic heterocycles. The van der Waals surface area contributed by atoms with E-state index in [0.29, 0.717) is 0 Å². The average molecular weight is 413 g/mol. The number of halogens is 1. The van der Waals surface area contributed by atoms with Crippen molar-refractivity contribution in [3.05, 3.63) is 53.0 Å². The van der Waals surface area contributed by atoms with Gasteiger partial charge in [-0.25, -0.2) is 9.97 Å². The normalized spacial score (nSPS) is 15.5. The second-order valence-corrected chi connectivity index (χ2v) is 7.37. The van der Waals surface area contributed by atoms with Crippen molar-refractivity contribution in [2.45, 2.75) is 0 Å². The van der Waals surface area contributed by atoms with Gasteiger partial charge in [-0.1, -0.05) is 46.3 Å². The Morgan fingerprint density at radius 3 is 2.46 bits per heavy atom. The van der Waals surface area contributed by atoms with Crippen molar-refractivity contribution in [2.24, 2.45) is 0 Å². The summed E-state index contributed by atoms with van der Waals surface area (Å²) in [6.07, 6.45) is 0. The summed E-state index contributed by atoms with van der Waals surface area (Å²) in [5, 5.41) is 10.2. The molecule has 0 saturated carbocycles. The predicted octanol–water partition coefficient (Wildman–Crippen LogP) is 3.17. The van der Waals surface area contributed by atoms with Gasteiger partial charge < -0.3 is 10.0 Å². The lowest BCUT2D eigenvalue weighted by Crippen LogP contribution is -2.47. The van der Waals surface area contributed by atoms with Gasteiger partial charge in [0, 0.05) is 48.1 Å². The molecule has 4 rings (SSSR count). The number of aliphatic hydroxyl groups is 1. The number of hydrogen-bond donors (Lipinski definition) is 1. The number of anilines is 1. The maximum Gasteiger partial charge on any atom is 0.162 e. The summed E-state index contributed by atoms with van der Waals surface area (Å²) in [6.45, 7) is 4.60. The number of aromatic nitrogens is 2. The third-order valence-corrected chi connectivity index (χ3v) is 5.25. The monoisotopic (exact) mass is 412 g/mol. The molecule has 0 spiro atoms. The lowest BCUT2D eigenvalue weighted by molar-refractivity contribution is 0.188. The van der Waals surface area contributed by atoms with Gasteiger partial charge in [-0.3, -0.25) is 4.90 Å². The Morgan fingerprint density at radius 2 is 1.73 bits per heavy atom. The number of nitrogens with zero attached hydrogens (tertiary/aromatic N) is 4. The molecule has 0 unspecified atom stereocenters. The van der Waals surface area contributed by atoms with Gasteiger partial charge in [-0.2, -0.15) is 0 Å². The molecular weight excluding hydrogens is 392 g/mol. The van der Waals surface area contributed by atoms with Gasteiger partial charge >= 0.3 is 0 Å². The Hall–Kier alpha value is -2.02. The number of benzene rings is 2. The third-order valence-electron chi connectivity index (χ3n) is 4.76. The largest absolute Gasteiger partial charge is 0.395 e. The topological polar surface area (TPSA) is 52.5 Å². The van der Waals surface area contributed by atoms with Crippen LogP contribution in [0.4, 0.5) is 5.82 Å². The molecule has 6 heteroatoms. The van der Waals surface area contributed by atoms with E-state index < -0.39 is 0 Å². The zero-order valence-electron chi connectivity index (χ0n) is 14.5. The van der Waals surface area contributed by atoms with Gasteiger partial charge in [-0.15, -0.1) is 0 Å². The van der Waals surface area contributed by atoms with Gasteiger partial charge in [-0.05, 0) is 18.2 Å². The molecule has 2 heterocycles. The van der Waals surface area contributed by atoms with Crippen LogP contribution < -0.4 is 4.90 Å². The summed E-state index contributed by atoms with van der Waals surface area (Å²) in [5.41, 5.74) is 1.98. The van der Waals surface area contributed by atoms with E-state index in [1.807, 2.05) is 42.5 Å². The Bertz CT molecular complexity index is 895. The molecular formula is C20H21BrN4O. The van der Waals surface area contributed by atoms with Crippen LogP contribution in [0.3, 0.4) is 0 Å². The van der Waals surface area contributed by atoms with Crippen molar-refractivity contribution in [3.63, 3.8) is 0 Å². The van der Waals surface area contributed by atoms with Crippen molar-refractivity contribution in [1.29, 1.82) is 0 Å². The lowest BCUT2D eigenvalue weighted by atomic mass is 10.1. The Morgan fingerprint density at radius 1 is 0.962 bits per heavy atom. The zero-order chi connectivity index (χ0) is 17.9. The van der Waals surface area contributed by atoms with E-state index in [2.05, 4.69) is 31.8 Å². The number of aliphatic hydroxyl groups excluding tert-OH is 1. The standard InChI is InChI=1S/C20H21BrN4O/c21-16-6-7-18-17(14-16)20(25-10-8-24(9-11-25)12-13-26)23-19(22-18)15-4-2-1-3-5-15/h1-7,14,26H,8-13H2. The third kappa shape index (κ3) is 3.58. The van der Waals surface area contributed by atoms with Crippen LogP contribution in [0.15, 0.2) is 53.0 Å². The molecule has 0 radical (unpaired) electrons. The van der Waals surface area contributed by atoms with E-state index in [9.17, 15) is 0 Å². The minimum absolute atomic E-state index is 0.210. The lowest BCUT2D eigenvalue weighted by Gasteiger charge is -2.35. The quantitative estimate of drug-likeness (QED) is 0.712. The molecule has 0 atom stereocenters. The van der Waals surface area contributed by atoms with E-state index in [1.165, 1.54) is 0 Å². The van der Waals surface area contributed by atoms with Crippen LogP contribution in [0, 0.1) is 0 Å². The zero-order valence-corrected chi connectivity index (χ0v) is 16.1. The minimum atomic E-state index is 0.210. The van der Waals surface area contributed by atoms with Crippen molar-refractivity contribution in [2.75, 3.05) is 44.2 Å². The van der Waals surface area contributed by atoms with E-state index >= 15 is 0 Å². The molecule has 2 aromatic carbocycles. The first-order valence-electron chi connectivity index (χ1n) is 8.85. The molecule has 0 amide bonds. The van der Waals surface area contributed by atoms with Crippen molar-refractivity contribution >= 4 is 32.7 Å². The summed E-state index contributed by atoms with van der Waals surface area (Å²) in [4.78, 5) is 14.3. The molecule has 1 N–H and O–H groups in total. The highest BCUT2D eigenvalue weighted by Gasteiger charge is 2.21. The highest BCUT2D eigenvalue weighted by atomic mass is 79.9. The van der Waals surface area contributed by atoms with Gasteiger partial charge in [0.15, 0.2) is 5.82 Å². The predicted molar refractivity (Wildman–Crippen MR) is 108 cm³/mol. The highest BCUT2D eigenvalue weighted by molar-refractivity contribution is 9.10. The summed E-state index contributed by atoms with van der Waals surface area (Å²) in [5.74, 6) is 1.74. The first-order valence-corrected chi connectivity index (χ1v) is 9.65. The molecule has 1 fully saturated rings. The van der Waals surface area contributed by atoms with Crippen molar-refractivity contribution < 1.29 is 5.11 Å². The fourth-order valence-electron chi connectivity index (χ4n) is 3.37. The summed E-state index contributed by atoms with van der Waals surface area (Å²) < 4.78 is 1.03. The van der Waals surface area contributed by atoms with Gasteiger partial charge in [0.1, 0.15) is 5.82 Å². The molecule has 134 valence electrons.